The number of halogens is 2. The molecule has 0 aliphatic heterocycles. The summed E-state index contributed by atoms with van der Waals surface area (Å²) in [5.74, 6) is -0.375. The van der Waals surface area contributed by atoms with E-state index < -0.39 is 0 Å². The lowest BCUT2D eigenvalue weighted by molar-refractivity contribution is -0.118. The normalized spacial score (nSPS) is 12.2. The molecule has 14 heavy (non-hydrogen) atoms. The van der Waals surface area contributed by atoms with Crippen LogP contribution in [-0.4, -0.2) is 11.9 Å². The van der Waals surface area contributed by atoms with Gasteiger partial charge in [0, 0.05) is 14.6 Å². The van der Waals surface area contributed by atoms with Crippen molar-refractivity contribution in [2.24, 2.45) is 5.73 Å². The summed E-state index contributed by atoms with van der Waals surface area (Å²) in [7, 11) is 0. The highest BCUT2D eigenvalue weighted by atomic mass is 79.9. The predicted octanol–water partition coefficient (Wildman–Crippen LogP) is 2.50. The zero-order chi connectivity index (χ0) is 10.7. The Morgan fingerprint density at radius 1 is 1.50 bits per heavy atom. The first-order valence-electron chi connectivity index (χ1n) is 4.01. The Kier molecular flexibility index (Phi) is 3.95. The van der Waals surface area contributed by atoms with Crippen molar-refractivity contribution in [1.82, 2.24) is 0 Å². The Labute approximate surface area is 99.3 Å². The second kappa shape index (κ2) is 4.79. The SMILES string of the molecule is CC(Nc1ccc(Br)cc1Br)C(N)=O. The quantitative estimate of drug-likeness (QED) is 0.898. The molecule has 1 aromatic carbocycles. The molecule has 3 N–H and O–H groups in total. The molecule has 0 spiro atoms. The van der Waals surface area contributed by atoms with Gasteiger partial charge in [-0.25, -0.2) is 0 Å². The van der Waals surface area contributed by atoms with Crippen LogP contribution in [-0.2, 0) is 4.79 Å². The first-order valence-corrected chi connectivity index (χ1v) is 5.60. The Morgan fingerprint density at radius 2 is 2.14 bits per heavy atom. The highest BCUT2D eigenvalue weighted by Gasteiger charge is 2.09. The van der Waals surface area contributed by atoms with Crippen LogP contribution in [0.3, 0.4) is 0 Å². The number of primary amides is 1. The number of benzene rings is 1. The van der Waals surface area contributed by atoms with Crippen LogP contribution in [0.5, 0.6) is 0 Å². The van der Waals surface area contributed by atoms with Crippen molar-refractivity contribution < 1.29 is 4.79 Å². The summed E-state index contributed by atoms with van der Waals surface area (Å²) < 4.78 is 1.86. The second-order valence-corrected chi connectivity index (χ2v) is 4.66. The fourth-order valence-electron chi connectivity index (χ4n) is 0.911. The largest absolute Gasteiger partial charge is 0.373 e. The summed E-state index contributed by atoms with van der Waals surface area (Å²) in [6.45, 7) is 1.72. The van der Waals surface area contributed by atoms with E-state index >= 15 is 0 Å². The molecule has 0 aliphatic carbocycles. The van der Waals surface area contributed by atoms with E-state index in [4.69, 9.17) is 5.73 Å². The lowest BCUT2D eigenvalue weighted by Gasteiger charge is -2.13. The van der Waals surface area contributed by atoms with Crippen LogP contribution in [0.1, 0.15) is 6.92 Å². The lowest BCUT2D eigenvalue weighted by atomic mass is 10.2. The Hall–Kier alpha value is -0.550. The monoisotopic (exact) mass is 320 g/mol. The molecule has 1 unspecified atom stereocenters. The predicted molar refractivity (Wildman–Crippen MR) is 64.1 cm³/mol. The molecule has 0 saturated heterocycles. The standard InChI is InChI=1S/C9H10Br2N2O/c1-5(9(12)14)13-8-3-2-6(10)4-7(8)11/h2-5,13H,1H3,(H2,12,14). The highest BCUT2D eigenvalue weighted by molar-refractivity contribution is 9.11. The summed E-state index contributed by atoms with van der Waals surface area (Å²) in [5.41, 5.74) is 5.98. The van der Waals surface area contributed by atoms with Crippen molar-refractivity contribution in [3.63, 3.8) is 0 Å². The molecule has 76 valence electrons. The van der Waals surface area contributed by atoms with Crippen LogP contribution in [0, 0.1) is 0 Å². The van der Waals surface area contributed by atoms with Crippen LogP contribution < -0.4 is 11.1 Å². The molecule has 1 amide bonds. The van der Waals surface area contributed by atoms with Gasteiger partial charge in [0.25, 0.3) is 0 Å². The van der Waals surface area contributed by atoms with Gasteiger partial charge in [-0.3, -0.25) is 4.79 Å². The first kappa shape index (κ1) is 11.5. The van der Waals surface area contributed by atoms with Gasteiger partial charge in [0.2, 0.25) is 5.91 Å². The van der Waals surface area contributed by atoms with Crippen molar-refractivity contribution in [3.8, 4) is 0 Å². The van der Waals surface area contributed by atoms with E-state index in [1.54, 1.807) is 6.92 Å². The highest BCUT2D eigenvalue weighted by Crippen LogP contribution is 2.26. The summed E-state index contributed by atoms with van der Waals surface area (Å²) in [5, 5.41) is 2.99. The van der Waals surface area contributed by atoms with Gasteiger partial charge >= 0.3 is 0 Å². The van der Waals surface area contributed by atoms with E-state index in [2.05, 4.69) is 37.2 Å². The average Bonchev–Trinajstić information content (AvgIpc) is 2.09. The van der Waals surface area contributed by atoms with Gasteiger partial charge in [0.05, 0.1) is 0 Å². The smallest absolute Gasteiger partial charge is 0.239 e. The van der Waals surface area contributed by atoms with Crippen molar-refractivity contribution in [1.29, 1.82) is 0 Å². The van der Waals surface area contributed by atoms with Gasteiger partial charge in [0.1, 0.15) is 6.04 Å². The van der Waals surface area contributed by atoms with Gasteiger partial charge in [-0.2, -0.15) is 0 Å². The molecule has 0 saturated carbocycles. The average molecular weight is 322 g/mol. The molecule has 1 aromatic rings. The second-order valence-electron chi connectivity index (χ2n) is 2.89. The van der Waals surface area contributed by atoms with Crippen molar-refractivity contribution in [2.75, 3.05) is 5.32 Å². The number of amides is 1. The number of anilines is 1. The minimum atomic E-state index is -0.382. The van der Waals surface area contributed by atoms with Gasteiger partial charge in [-0.1, -0.05) is 15.9 Å². The number of hydrogen-bond acceptors (Lipinski definition) is 2. The van der Waals surface area contributed by atoms with Gasteiger partial charge in [0.15, 0.2) is 0 Å². The Balaban J connectivity index is 2.82. The van der Waals surface area contributed by atoms with Crippen LogP contribution in [0.25, 0.3) is 0 Å². The molecule has 0 fully saturated rings. The van der Waals surface area contributed by atoms with Gasteiger partial charge < -0.3 is 11.1 Å². The van der Waals surface area contributed by atoms with E-state index in [0.29, 0.717) is 0 Å². The lowest BCUT2D eigenvalue weighted by Crippen LogP contribution is -2.32. The van der Waals surface area contributed by atoms with E-state index in [1.165, 1.54) is 0 Å². The molecule has 0 aliphatic rings. The van der Waals surface area contributed by atoms with Crippen molar-refractivity contribution in [3.05, 3.63) is 27.1 Å². The Morgan fingerprint density at radius 3 is 2.64 bits per heavy atom. The molecule has 3 nitrogen and oxygen atoms in total. The maximum absolute atomic E-state index is 10.8. The maximum atomic E-state index is 10.8. The maximum Gasteiger partial charge on any atom is 0.239 e. The molecule has 0 radical (unpaired) electrons. The molecule has 0 aromatic heterocycles. The van der Waals surface area contributed by atoms with E-state index in [0.717, 1.165) is 14.6 Å². The number of carbonyl (C=O) groups is 1. The summed E-state index contributed by atoms with van der Waals surface area (Å²) in [6, 6.07) is 5.28. The fourth-order valence-corrected chi connectivity index (χ4v) is 2.07. The summed E-state index contributed by atoms with van der Waals surface area (Å²) in [6.07, 6.45) is 0. The van der Waals surface area contributed by atoms with Crippen LogP contribution >= 0.6 is 31.9 Å². The summed E-state index contributed by atoms with van der Waals surface area (Å²) in [4.78, 5) is 10.8. The molecular weight excluding hydrogens is 312 g/mol. The van der Waals surface area contributed by atoms with Gasteiger partial charge in [-0.05, 0) is 41.1 Å². The minimum Gasteiger partial charge on any atom is -0.373 e. The third-order valence-corrected chi connectivity index (χ3v) is 2.88. The number of rotatable bonds is 3. The van der Waals surface area contributed by atoms with Gasteiger partial charge in [-0.15, -0.1) is 0 Å². The number of nitrogens with two attached hydrogens (primary N) is 1. The minimum absolute atomic E-state index is 0.375. The van der Waals surface area contributed by atoms with Crippen molar-refractivity contribution >= 4 is 43.5 Å². The zero-order valence-corrected chi connectivity index (χ0v) is 10.7. The fraction of sp³-hybridized carbons (Fsp3) is 0.222. The first-order chi connectivity index (χ1) is 6.50. The molecule has 0 heterocycles. The topological polar surface area (TPSA) is 55.1 Å². The Bertz CT molecular complexity index is 355. The zero-order valence-electron chi connectivity index (χ0n) is 7.55. The molecule has 0 bridgehead atoms. The van der Waals surface area contributed by atoms with Crippen LogP contribution in [0.4, 0.5) is 5.69 Å². The molecule has 1 atom stereocenters. The van der Waals surface area contributed by atoms with E-state index in [9.17, 15) is 4.79 Å². The molecule has 5 heteroatoms. The van der Waals surface area contributed by atoms with E-state index in [-0.39, 0.29) is 11.9 Å². The van der Waals surface area contributed by atoms with Crippen molar-refractivity contribution in [2.45, 2.75) is 13.0 Å². The number of nitrogens with one attached hydrogen (secondary N) is 1. The summed E-state index contributed by atoms with van der Waals surface area (Å²) >= 11 is 6.72. The van der Waals surface area contributed by atoms with Crippen LogP contribution in [0.15, 0.2) is 27.1 Å². The van der Waals surface area contributed by atoms with Crippen LogP contribution in [0.2, 0.25) is 0 Å². The third kappa shape index (κ3) is 2.99. The third-order valence-electron chi connectivity index (χ3n) is 1.73. The molecular formula is C9H10Br2N2O. The number of carbonyl (C=O) groups excluding carboxylic acids is 1. The molecule has 1 rings (SSSR count). The van der Waals surface area contributed by atoms with E-state index in [1.807, 2.05) is 18.2 Å². The number of hydrogen-bond donors (Lipinski definition) is 2.